The van der Waals surface area contributed by atoms with E-state index in [4.69, 9.17) is 0 Å². The van der Waals surface area contributed by atoms with Crippen LogP contribution >= 0.6 is 15.9 Å². The number of hydrogen-bond donors (Lipinski definition) is 1. The predicted molar refractivity (Wildman–Crippen MR) is 94.6 cm³/mol. The second-order valence-electron chi connectivity index (χ2n) is 5.38. The number of anilines is 1. The van der Waals surface area contributed by atoms with Gasteiger partial charge in [0.05, 0.1) is 5.69 Å². The number of imidazole rings is 1. The number of hydrogen-bond acceptors (Lipinski definition) is 2. The van der Waals surface area contributed by atoms with Gasteiger partial charge < -0.3 is 9.88 Å². The molecular weight excluding hydrogens is 373 g/mol. The summed E-state index contributed by atoms with van der Waals surface area (Å²) in [4.78, 5) is 16.4. The van der Waals surface area contributed by atoms with Gasteiger partial charge >= 0.3 is 0 Å². The van der Waals surface area contributed by atoms with Crippen LogP contribution in [0, 0.1) is 12.7 Å². The van der Waals surface area contributed by atoms with Crippen molar-refractivity contribution in [3.05, 3.63) is 82.1 Å². The Bertz CT molecular complexity index is 874. The molecule has 0 unspecified atom stereocenters. The zero-order valence-electron chi connectivity index (χ0n) is 13.0. The van der Waals surface area contributed by atoms with E-state index in [9.17, 15) is 9.18 Å². The molecule has 24 heavy (non-hydrogen) atoms. The summed E-state index contributed by atoms with van der Waals surface area (Å²) in [7, 11) is 0. The standard InChI is InChI=1S/C18H15BrFN3O/c1-12-21-8-9-23(12)11-13-2-4-14(5-3-13)18(24)22-17-7-6-15(19)10-16(17)20/h2-10H,11H2,1H3,(H,22,24). The predicted octanol–water partition coefficient (Wildman–Crippen LogP) is 4.39. The van der Waals surface area contributed by atoms with E-state index in [0.717, 1.165) is 11.4 Å². The third-order valence-electron chi connectivity index (χ3n) is 3.67. The first kappa shape index (κ1) is 16.4. The van der Waals surface area contributed by atoms with Crippen LogP contribution in [0.2, 0.25) is 0 Å². The van der Waals surface area contributed by atoms with Gasteiger partial charge in [0, 0.05) is 29.0 Å². The maximum atomic E-state index is 13.8. The maximum Gasteiger partial charge on any atom is 0.255 e. The van der Waals surface area contributed by atoms with Crippen molar-refractivity contribution >= 4 is 27.5 Å². The van der Waals surface area contributed by atoms with Crippen LogP contribution < -0.4 is 5.32 Å². The molecule has 4 nitrogen and oxygen atoms in total. The molecule has 1 N–H and O–H groups in total. The topological polar surface area (TPSA) is 46.9 Å². The number of aryl methyl sites for hydroxylation is 1. The first-order valence-electron chi connectivity index (χ1n) is 7.36. The van der Waals surface area contributed by atoms with Gasteiger partial charge in [0.1, 0.15) is 11.6 Å². The molecule has 0 saturated heterocycles. The molecule has 1 heterocycles. The van der Waals surface area contributed by atoms with Crippen molar-refractivity contribution in [1.29, 1.82) is 0 Å². The van der Waals surface area contributed by atoms with Crippen molar-refractivity contribution in [2.75, 3.05) is 5.32 Å². The summed E-state index contributed by atoms with van der Waals surface area (Å²) in [6, 6.07) is 11.7. The lowest BCUT2D eigenvalue weighted by Crippen LogP contribution is -2.13. The average molecular weight is 388 g/mol. The zero-order valence-corrected chi connectivity index (χ0v) is 14.5. The SMILES string of the molecule is Cc1nccn1Cc1ccc(C(=O)Nc2ccc(Br)cc2F)cc1. The lowest BCUT2D eigenvalue weighted by atomic mass is 10.1. The van der Waals surface area contributed by atoms with Crippen LogP contribution in [0.5, 0.6) is 0 Å². The van der Waals surface area contributed by atoms with Gasteiger partial charge in [-0.2, -0.15) is 0 Å². The van der Waals surface area contributed by atoms with Crippen LogP contribution in [0.15, 0.2) is 59.3 Å². The number of benzene rings is 2. The number of aromatic nitrogens is 2. The van der Waals surface area contributed by atoms with Crippen LogP contribution in [0.1, 0.15) is 21.7 Å². The van der Waals surface area contributed by atoms with Gasteiger partial charge in [-0.3, -0.25) is 4.79 Å². The molecular formula is C18H15BrFN3O. The van der Waals surface area contributed by atoms with Gasteiger partial charge in [-0.25, -0.2) is 9.37 Å². The van der Waals surface area contributed by atoms with E-state index >= 15 is 0 Å². The molecule has 3 aromatic rings. The zero-order chi connectivity index (χ0) is 17.1. The smallest absolute Gasteiger partial charge is 0.255 e. The molecule has 2 aromatic carbocycles. The number of amides is 1. The van der Waals surface area contributed by atoms with Gasteiger partial charge in [0.15, 0.2) is 0 Å². The number of carbonyl (C=O) groups is 1. The first-order chi connectivity index (χ1) is 11.5. The van der Waals surface area contributed by atoms with Crippen molar-refractivity contribution in [2.24, 2.45) is 0 Å². The summed E-state index contributed by atoms with van der Waals surface area (Å²) in [6.07, 6.45) is 3.66. The third-order valence-corrected chi connectivity index (χ3v) is 4.17. The highest BCUT2D eigenvalue weighted by Crippen LogP contribution is 2.20. The third kappa shape index (κ3) is 3.71. The largest absolute Gasteiger partial charge is 0.331 e. The molecule has 122 valence electrons. The van der Waals surface area contributed by atoms with E-state index in [1.165, 1.54) is 12.1 Å². The van der Waals surface area contributed by atoms with E-state index in [-0.39, 0.29) is 11.6 Å². The highest BCUT2D eigenvalue weighted by Gasteiger charge is 2.10. The Hall–Kier alpha value is -2.47. The molecule has 0 spiro atoms. The summed E-state index contributed by atoms with van der Waals surface area (Å²) in [5, 5.41) is 2.58. The van der Waals surface area contributed by atoms with Gasteiger partial charge in [0.2, 0.25) is 0 Å². The lowest BCUT2D eigenvalue weighted by Gasteiger charge is -2.08. The van der Waals surface area contributed by atoms with Crippen LogP contribution in [-0.4, -0.2) is 15.5 Å². The Balaban J connectivity index is 1.70. The number of carbonyl (C=O) groups excluding carboxylic acids is 1. The highest BCUT2D eigenvalue weighted by molar-refractivity contribution is 9.10. The van der Waals surface area contributed by atoms with Crippen LogP contribution in [-0.2, 0) is 6.54 Å². The molecule has 0 saturated carbocycles. The Morgan fingerprint density at radius 1 is 1.25 bits per heavy atom. The first-order valence-corrected chi connectivity index (χ1v) is 8.15. The molecule has 0 radical (unpaired) electrons. The van der Waals surface area contributed by atoms with Crippen molar-refractivity contribution in [3.8, 4) is 0 Å². The van der Waals surface area contributed by atoms with Gasteiger partial charge in [-0.1, -0.05) is 28.1 Å². The average Bonchev–Trinajstić information content (AvgIpc) is 2.96. The normalized spacial score (nSPS) is 10.6. The van der Waals surface area contributed by atoms with E-state index < -0.39 is 5.82 Å². The Morgan fingerprint density at radius 3 is 2.62 bits per heavy atom. The summed E-state index contributed by atoms with van der Waals surface area (Å²) in [5.74, 6) is 0.106. The molecule has 0 bridgehead atoms. The summed E-state index contributed by atoms with van der Waals surface area (Å²) in [6.45, 7) is 2.63. The van der Waals surface area contributed by atoms with E-state index in [1.54, 1.807) is 24.4 Å². The van der Waals surface area contributed by atoms with Crippen LogP contribution in [0.4, 0.5) is 10.1 Å². The fraction of sp³-hybridized carbons (Fsp3) is 0.111. The minimum atomic E-state index is -0.482. The van der Waals surface area contributed by atoms with Gasteiger partial charge in [0.25, 0.3) is 5.91 Å². The highest BCUT2D eigenvalue weighted by atomic mass is 79.9. The fourth-order valence-corrected chi connectivity index (χ4v) is 2.65. The Labute approximate surface area is 147 Å². The molecule has 0 aliphatic heterocycles. The van der Waals surface area contributed by atoms with Crippen molar-refractivity contribution in [1.82, 2.24) is 9.55 Å². The molecule has 1 amide bonds. The van der Waals surface area contributed by atoms with Crippen molar-refractivity contribution < 1.29 is 9.18 Å². The second kappa shape index (κ2) is 6.97. The minimum absolute atomic E-state index is 0.154. The maximum absolute atomic E-state index is 13.8. The Kier molecular flexibility index (Phi) is 4.76. The molecule has 0 atom stereocenters. The van der Waals surface area contributed by atoms with Gasteiger partial charge in [-0.05, 0) is 42.8 Å². The van der Waals surface area contributed by atoms with E-state index in [0.29, 0.717) is 16.6 Å². The molecule has 0 fully saturated rings. The molecule has 3 rings (SSSR count). The van der Waals surface area contributed by atoms with Crippen LogP contribution in [0.3, 0.4) is 0 Å². The van der Waals surface area contributed by atoms with Crippen molar-refractivity contribution in [3.63, 3.8) is 0 Å². The molecule has 0 aliphatic carbocycles. The summed E-state index contributed by atoms with van der Waals surface area (Å²) in [5.41, 5.74) is 1.69. The molecule has 6 heteroatoms. The second-order valence-corrected chi connectivity index (χ2v) is 6.29. The lowest BCUT2D eigenvalue weighted by molar-refractivity contribution is 0.102. The van der Waals surface area contributed by atoms with Crippen molar-refractivity contribution in [2.45, 2.75) is 13.5 Å². The number of nitrogens with one attached hydrogen (secondary N) is 1. The summed E-state index contributed by atoms with van der Waals surface area (Å²) < 4.78 is 16.4. The van der Waals surface area contributed by atoms with E-state index in [2.05, 4.69) is 26.2 Å². The molecule has 0 aliphatic rings. The molecule has 1 aromatic heterocycles. The minimum Gasteiger partial charge on any atom is -0.331 e. The van der Waals surface area contributed by atoms with Gasteiger partial charge in [-0.15, -0.1) is 0 Å². The number of rotatable bonds is 4. The number of nitrogens with zero attached hydrogens (tertiary/aromatic N) is 2. The fourth-order valence-electron chi connectivity index (χ4n) is 2.31. The summed E-state index contributed by atoms with van der Waals surface area (Å²) >= 11 is 3.19. The monoisotopic (exact) mass is 387 g/mol. The Morgan fingerprint density at radius 2 is 2.00 bits per heavy atom. The quantitative estimate of drug-likeness (QED) is 0.721. The number of halogens is 2. The van der Waals surface area contributed by atoms with E-state index in [1.807, 2.05) is 29.8 Å². The van der Waals surface area contributed by atoms with Crippen LogP contribution in [0.25, 0.3) is 0 Å².